The van der Waals surface area contributed by atoms with Crippen LogP contribution in [0.2, 0.25) is 0 Å². The van der Waals surface area contributed by atoms with Crippen molar-refractivity contribution in [2.45, 2.75) is 6.42 Å². The third kappa shape index (κ3) is 1.60. The molecule has 0 amide bonds. The molecule has 0 atom stereocenters. The van der Waals surface area contributed by atoms with Crippen molar-refractivity contribution in [1.82, 2.24) is 4.98 Å². The summed E-state index contributed by atoms with van der Waals surface area (Å²) < 4.78 is 0. The Kier molecular flexibility index (Phi) is 2.46. The molecule has 1 aromatic rings. The van der Waals surface area contributed by atoms with E-state index < -0.39 is 0 Å². The summed E-state index contributed by atoms with van der Waals surface area (Å²) in [5.41, 5.74) is 1.46. The van der Waals surface area contributed by atoms with Gasteiger partial charge >= 0.3 is 0 Å². The summed E-state index contributed by atoms with van der Waals surface area (Å²) in [7, 11) is 0. The highest BCUT2D eigenvalue weighted by Crippen LogP contribution is 2.19. The molecule has 0 saturated carbocycles. The van der Waals surface area contributed by atoms with Gasteiger partial charge in [0.05, 0.1) is 5.69 Å². The summed E-state index contributed by atoms with van der Waals surface area (Å²) in [5, 5.41) is 8.89. The van der Waals surface area contributed by atoms with Crippen molar-refractivity contribution in [3.8, 4) is 6.07 Å². The lowest BCUT2D eigenvalue weighted by Gasteiger charge is -2.25. The van der Waals surface area contributed by atoms with E-state index in [0.717, 1.165) is 25.2 Å². The predicted octanol–water partition coefficient (Wildman–Crippen LogP) is 1.72. The van der Waals surface area contributed by atoms with Gasteiger partial charge in [-0.15, -0.1) is 0 Å². The number of rotatable bonds is 1. The van der Waals surface area contributed by atoms with Crippen molar-refractivity contribution < 1.29 is 0 Å². The van der Waals surface area contributed by atoms with Crippen LogP contribution in [0.4, 0.5) is 5.69 Å². The highest BCUT2D eigenvalue weighted by atomic mass is 15.1. The Bertz CT molecular complexity index is 390. The van der Waals surface area contributed by atoms with E-state index in [1.54, 1.807) is 6.20 Å². The number of hydrogen-bond acceptors (Lipinski definition) is 3. The van der Waals surface area contributed by atoms with Crippen LogP contribution >= 0.6 is 0 Å². The highest BCUT2D eigenvalue weighted by Gasteiger charge is 2.11. The second kappa shape index (κ2) is 3.93. The second-order valence-electron chi connectivity index (χ2n) is 3.19. The Morgan fingerprint density at radius 2 is 2.36 bits per heavy atom. The molecule has 0 N–H and O–H groups in total. The zero-order chi connectivity index (χ0) is 9.80. The lowest BCUT2D eigenvalue weighted by Crippen LogP contribution is -2.27. The van der Waals surface area contributed by atoms with Gasteiger partial charge < -0.3 is 4.90 Å². The topological polar surface area (TPSA) is 39.9 Å². The van der Waals surface area contributed by atoms with Crippen LogP contribution in [-0.2, 0) is 0 Å². The van der Waals surface area contributed by atoms with Crippen molar-refractivity contribution >= 4 is 5.69 Å². The van der Waals surface area contributed by atoms with Gasteiger partial charge in [-0.25, -0.2) is 4.98 Å². The van der Waals surface area contributed by atoms with E-state index in [9.17, 15) is 0 Å². The van der Waals surface area contributed by atoms with Gasteiger partial charge in [0, 0.05) is 19.3 Å². The first-order chi connectivity index (χ1) is 6.92. The molecule has 3 heteroatoms. The van der Waals surface area contributed by atoms with Gasteiger partial charge in [-0.2, -0.15) is 5.26 Å². The van der Waals surface area contributed by atoms with Crippen LogP contribution in [0.15, 0.2) is 30.5 Å². The molecule has 3 nitrogen and oxygen atoms in total. The molecule has 0 spiro atoms. The lowest BCUT2D eigenvalue weighted by molar-refractivity contribution is 0.816. The lowest BCUT2D eigenvalue weighted by atomic mass is 10.2. The van der Waals surface area contributed by atoms with Gasteiger partial charge in [0.25, 0.3) is 0 Å². The fraction of sp³-hybridized carbons (Fsp3) is 0.273. The smallest absolute Gasteiger partial charge is 0.163 e. The SMILES string of the molecule is N#Cc1ncccc1N1CC=CCC1. The molecule has 1 aliphatic heterocycles. The van der Waals surface area contributed by atoms with Crippen LogP contribution in [-0.4, -0.2) is 18.1 Å². The van der Waals surface area contributed by atoms with Gasteiger partial charge in [-0.3, -0.25) is 0 Å². The molecule has 2 rings (SSSR count). The molecular formula is C11H11N3. The molecule has 0 radical (unpaired) electrons. The summed E-state index contributed by atoms with van der Waals surface area (Å²) in [5.74, 6) is 0. The number of nitriles is 1. The standard InChI is InChI=1S/C11H11N3/c12-9-10-11(5-4-6-13-10)14-7-2-1-3-8-14/h1-2,4-6H,3,7-8H2. The summed E-state index contributed by atoms with van der Waals surface area (Å²) in [6, 6.07) is 5.93. The molecule has 0 aliphatic carbocycles. The fourth-order valence-corrected chi connectivity index (χ4v) is 1.60. The maximum atomic E-state index is 8.89. The van der Waals surface area contributed by atoms with E-state index in [1.807, 2.05) is 12.1 Å². The first-order valence-corrected chi connectivity index (χ1v) is 4.67. The van der Waals surface area contributed by atoms with Crippen molar-refractivity contribution in [2.75, 3.05) is 18.0 Å². The van der Waals surface area contributed by atoms with E-state index in [0.29, 0.717) is 5.69 Å². The summed E-state index contributed by atoms with van der Waals surface area (Å²) in [6.07, 6.45) is 6.98. The van der Waals surface area contributed by atoms with Gasteiger partial charge in [-0.1, -0.05) is 12.2 Å². The minimum absolute atomic E-state index is 0.516. The molecule has 1 aromatic heterocycles. The van der Waals surface area contributed by atoms with E-state index in [2.05, 4.69) is 28.1 Å². The van der Waals surface area contributed by atoms with Crippen LogP contribution in [0.3, 0.4) is 0 Å². The van der Waals surface area contributed by atoms with Crippen molar-refractivity contribution in [3.63, 3.8) is 0 Å². The number of aromatic nitrogens is 1. The largest absolute Gasteiger partial charge is 0.365 e. The molecule has 70 valence electrons. The van der Waals surface area contributed by atoms with Crippen LogP contribution < -0.4 is 4.90 Å². The third-order valence-electron chi connectivity index (χ3n) is 2.29. The van der Waals surface area contributed by atoms with E-state index in [-0.39, 0.29) is 0 Å². The minimum atomic E-state index is 0.516. The Labute approximate surface area is 83.3 Å². The quantitative estimate of drug-likeness (QED) is 0.625. The zero-order valence-corrected chi connectivity index (χ0v) is 7.85. The summed E-state index contributed by atoms with van der Waals surface area (Å²) in [6.45, 7) is 1.84. The second-order valence-corrected chi connectivity index (χ2v) is 3.19. The van der Waals surface area contributed by atoms with E-state index in [1.165, 1.54) is 0 Å². The first-order valence-electron chi connectivity index (χ1n) is 4.67. The monoisotopic (exact) mass is 185 g/mol. The average Bonchev–Trinajstić information content (AvgIpc) is 2.30. The maximum Gasteiger partial charge on any atom is 0.163 e. The zero-order valence-electron chi connectivity index (χ0n) is 7.85. The Morgan fingerprint density at radius 1 is 1.43 bits per heavy atom. The number of pyridine rings is 1. The third-order valence-corrected chi connectivity index (χ3v) is 2.29. The van der Waals surface area contributed by atoms with Crippen LogP contribution in [0, 0.1) is 11.3 Å². The molecule has 1 aliphatic rings. The summed E-state index contributed by atoms with van der Waals surface area (Å²) >= 11 is 0. The van der Waals surface area contributed by atoms with Crippen molar-refractivity contribution in [2.24, 2.45) is 0 Å². The van der Waals surface area contributed by atoms with E-state index >= 15 is 0 Å². The molecule has 0 aromatic carbocycles. The normalized spacial score (nSPS) is 15.2. The maximum absolute atomic E-state index is 8.89. The van der Waals surface area contributed by atoms with Crippen LogP contribution in [0.25, 0.3) is 0 Å². The summed E-state index contributed by atoms with van der Waals surface area (Å²) in [4.78, 5) is 6.22. The Balaban J connectivity index is 2.31. The van der Waals surface area contributed by atoms with Crippen molar-refractivity contribution in [3.05, 3.63) is 36.2 Å². The molecule has 0 bridgehead atoms. The predicted molar refractivity (Wildman–Crippen MR) is 54.9 cm³/mol. The van der Waals surface area contributed by atoms with Crippen molar-refractivity contribution in [1.29, 1.82) is 5.26 Å². The van der Waals surface area contributed by atoms with E-state index in [4.69, 9.17) is 5.26 Å². The Hall–Kier alpha value is -1.82. The van der Waals surface area contributed by atoms with Gasteiger partial charge in [0.15, 0.2) is 5.69 Å². The molecule has 14 heavy (non-hydrogen) atoms. The molecule has 0 saturated heterocycles. The number of anilines is 1. The van der Waals surface area contributed by atoms with Crippen LogP contribution in [0.5, 0.6) is 0 Å². The van der Waals surface area contributed by atoms with Gasteiger partial charge in [-0.05, 0) is 18.6 Å². The van der Waals surface area contributed by atoms with Gasteiger partial charge in [0.1, 0.15) is 6.07 Å². The molecule has 2 heterocycles. The average molecular weight is 185 g/mol. The van der Waals surface area contributed by atoms with Gasteiger partial charge in [0.2, 0.25) is 0 Å². The fourth-order valence-electron chi connectivity index (χ4n) is 1.60. The molecule has 0 unspecified atom stereocenters. The Morgan fingerprint density at radius 3 is 3.07 bits per heavy atom. The molecular weight excluding hydrogens is 174 g/mol. The molecule has 0 fully saturated rings. The first kappa shape index (κ1) is 8.76. The number of hydrogen-bond donors (Lipinski definition) is 0. The number of nitrogens with zero attached hydrogens (tertiary/aromatic N) is 3. The minimum Gasteiger partial charge on any atom is -0.365 e. The highest BCUT2D eigenvalue weighted by molar-refractivity contribution is 5.56. The van der Waals surface area contributed by atoms with Crippen LogP contribution in [0.1, 0.15) is 12.1 Å².